The lowest BCUT2D eigenvalue weighted by molar-refractivity contribution is 1.58. The summed E-state index contributed by atoms with van der Waals surface area (Å²) in [5.74, 6) is 0. The maximum atomic E-state index is 2.42. The predicted octanol–water partition coefficient (Wildman–Crippen LogP) is 18.0. The van der Waals surface area contributed by atoms with Crippen LogP contribution in [-0.4, -0.2) is 0 Å². The highest BCUT2D eigenvalue weighted by atomic mass is 14.3. The Bertz CT molecular complexity index is 3320. The summed E-state index contributed by atoms with van der Waals surface area (Å²) >= 11 is 0. The van der Waals surface area contributed by atoms with Gasteiger partial charge in [-0.1, -0.05) is 243 Å². The Morgan fingerprint density at radius 3 is 0.656 bits per heavy atom. The molecule has 0 aliphatic rings. The Kier molecular flexibility index (Phi) is 9.28. The fourth-order valence-corrected chi connectivity index (χ4v) is 10.2. The van der Waals surface area contributed by atoms with Crippen molar-refractivity contribution in [3.63, 3.8) is 0 Å². The molecule has 0 heteroatoms. The number of hydrogen-bond donors (Lipinski definition) is 0. The highest BCUT2D eigenvalue weighted by molar-refractivity contribution is 6.30. The van der Waals surface area contributed by atoms with E-state index < -0.39 is 0 Å². The van der Waals surface area contributed by atoms with Crippen LogP contribution in [0.15, 0.2) is 255 Å². The molecule has 0 fully saturated rings. The van der Waals surface area contributed by atoms with Gasteiger partial charge in [0.1, 0.15) is 0 Å². The SMILES string of the molecule is c1ccc(-c2ccc(-c3ccccc3)c(-c3c4ccccc4c(-c4c5ccccc5c(-c5cc(-c6ccccc6)ccc5-c5ccccc5)c5ccccc45)c4ccccc34)c2)cc1. The van der Waals surface area contributed by atoms with E-state index in [1.165, 1.54) is 121 Å². The van der Waals surface area contributed by atoms with Gasteiger partial charge in [-0.25, -0.2) is 0 Å². The molecule has 0 bridgehead atoms. The van der Waals surface area contributed by atoms with E-state index in [0.717, 1.165) is 0 Å². The zero-order valence-corrected chi connectivity index (χ0v) is 35.2. The first-order valence-corrected chi connectivity index (χ1v) is 22.2. The molecule has 0 saturated carbocycles. The molecule has 0 radical (unpaired) electrons. The van der Waals surface area contributed by atoms with Crippen molar-refractivity contribution >= 4 is 43.1 Å². The number of hydrogen-bond acceptors (Lipinski definition) is 0. The fourth-order valence-electron chi connectivity index (χ4n) is 10.2. The third-order valence-electron chi connectivity index (χ3n) is 13.1. The minimum absolute atomic E-state index is 1.20. The molecule has 0 spiro atoms. The zero-order chi connectivity index (χ0) is 42.4. The lowest BCUT2D eigenvalue weighted by Crippen LogP contribution is -1.96. The standard InChI is InChI=1S/C64H42/c1-5-21-43(22-6-1)47-37-39-49(45-25-9-3-10-26-45)59(41-47)61-51-29-13-17-33-55(51)63(56-34-18-14-30-52(56)61)64-57-35-19-15-31-53(57)62(54-32-16-20-36-58(54)64)60-42-48(44-23-7-2-8-24-44)38-40-50(60)46-27-11-4-12-28-46/h1-42H. The Hall–Kier alpha value is -8.32. The monoisotopic (exact) mass is 810 g/mol. The van der Waals surface area contributed by atoms with Gasteiger partial charge >= 0.3 is 0 Å². The van der Waals surface area contributed by atoms with Gasteiger partial charge in [0.2, 0.25) is 0 Å². The van der Waals surface area contributed by atoms with E-state index in [9.17, 15) is 0 Å². The second kappa shape index (κ2) is 15.9. The topological polar surface area (TPSA) is 0 Å². The van der Waals surface area contributed by atoms with Gasteiger partial charge in [-0.2, -0.15) is 0 Å². The fraction of sp³-hybridized carbons (Fsp3) is 0. The van der Waals surface area contributed by atoms with Crippen LogP contribution in [-0.2, 0) is 0 Å². The minimum atomic E-state index is 1.20. The second-order valence-electron chi connectivity index (χ2n) is 16.7. The highest BCUT2D eigenvalue weighted by Crippen LogP contribution is 2.52. The van der Waals surface area contributed by atoms with E-state index in [2.05, 4.69) is 255 Å². The smallest absolute Gasteiger partial charge is 0.00139 e. The molecule has 12 rings (SSSR count). The van der Waals surface area contributed by atoms with Crippen molar-refractivity contribution in [3.05, 3.63) is 255 Å². The molecule has 0 aliphatic carbocycles. The molecule has 64 heavy (non-hydrogen) atoms. The Morgan fingerprint density at radius 2 is 0.375 bits per heavy atom. The summed E-state index contributed by atoms with van der Waals surface area (Å²) in [7, 11) is 0. The Balaban J connectivity index is 1.20. The molecule has 0 nitrogen and oxygen atoms in total. The predicted molar refractivity (Wildman–Crippen MR) is 275 cm³/mol. The van der Waals surface area contributed by atoms with Crippen LogP contribution in [0.4, 0.5) is 0 Å². The molecule has 0 atom stereocenters. The summed E-state index contributed by atoms with van der Waals surface area (Å²) in [6.07, 6.45) is 0. The van der Waals surface area contributed by atoms with Crippen LogP contribution in [0.5, 0.6) is 0 Å². The average molecular weight is 811 g/mol. The number of rotatable bonds is 7. The third-order valence-corrected chi connectivity index (χ3v) is 13.1. The molecule has 0 aromatic heterocycles. The van der Waals surface area contributed by atoms with Crippen LogP contribution < -0.4 is 0 Å². The lowest BCUT2D eigenvalue weighted by atomic mass is 9.79. The van der Waals surface area contributed by atoms with Gasteiger partial charge in [0.25, 0.3) is 0 Å². The van der Waals surface area contributed by atoms with Gasteiger partial charge in [0.05, 0.1) is 0 Å². The summed E-state index contributed by atoms with van der Waals surface area (Å²) in [5.41, 5.74) is 17.1. The van der Waals surface area contributed by atoms with Gasteiger partial charge in [-0.3, -0.25) is 0 Å². The van der Waals surface area contributed by atoms with Crippen molar-refractivity contribution in [1.29, 1.82) is 0 Å². The molecule has 0 aliphatic heterocycles. The zero-order valence-electron chi connectivity index (χ0n) is 35.2. The first-order chi connectivity index (χ1) is 31.8. The van der Waals surface area contributed by atoms with E-state index in [4.69, 9.17) is 0 Å². The van der Waals surface area contributed by atoms with E-state index in [1.54, 1.807) is 0 Å². The lowest BCUT2D eigenvalue weighted by Gasteiger charge is -2.24. The van der Waals surface area contributed by atoms with Crippen molar-refractivity contribution in [2.45, 2.75) is 0 Å². The third kappa shape index (κ3) is 6.31. The molecule has 12 aromatic carbocycles. The first-order valence-electron chi connectivity index (χ1n) is 22.2. The molecule has 0 N–H and O–H groups in total. The van der Waals surface area contributed by atoms with Crippen LogP contribution in [0.25, 0.3) is 121 Å². The summed E-state index contributed by atoms with van der Waals surface area (Å²) in [5, 5.41) is 9.88. The Labute approximate surface area is 374 Å². The average Bonchev–Trinajstić information content (AvgIpc) is 3.38. The van der Waals surface area contributed by atoms with Gasteiger partial charge < -0.3 is 0 Å². The quantitative estimate of drug-likeness (QED) is 0.141. The molecule has 0 saturated heterocycles. The van der Waals surface area contributed by atoms with Gasteiger partial charge in [-0.15, -0.1) is 0 Å². The molecule has 0 unspecified atom stereocenters. The van der Waals surface area contributed by atoms with Crippen molar-refractivity contribution in [3.8, 4) is 77.9 Å². The summed E-state index contributed by atoms with van der Waals surface area (Å²) < 4.78 is 0. The first kappa shape index (κ1) is 37.4. The normalized spacial score (nSPS) is 11.4. The summed E-state index contributed by atoms with van der Waals surface area (Å²) in [4.78, 5) is 0. The van der Waals surface area contributed by atoms with Gasteiger partial charge in [-0.05, 0) is 133 Å². The van der Waals surface area contributed by atoms with Gasteiger partial charge in [0.15, 0.2) is 0 Å². The number of benzene rings is 12. The van der Waals surface area contributed by atoms with Crippen molar-refractivity contribution in [2.75, 3.05) is 0 Å². The molecule has 298 valence electrons. The van der Waals surface area contributed by atoms with Crippen LogP contribution in [0, 0.1) is 0 Å². The minimum Gasteiger partial charge on any atom is -0.0622 e. The number of fused-ring (bicyclic) bond motifs is 4. The molecular formula is C64H42. The summed E-state index contributed by atoms with van der Waals surface area (Å²) in [6, 6.07) is 93.7. The van der Waals surface area contributed by atoms with Crippen LogP contribution in [0.2, 0.25) is 0 Å². The largest absolute Gasteiger partial charge is 0.0622 e. The van der Waals surface area contributed by atoms with Crippen LogP contribution in [0.1, 0.15) is 0 Å². The van der Waals surface area contributed by atoms with E-state index >= 15 is 0 Å². The maximum absolute atomic E-state index is 2.42. The maximum Gasteiger partial charge on any atom is -0.00139 e. The van der Waals surface area contributed by atoms with E-state index in [1.807, 2.05) is 0 Å². The van der Waals surface area contributed by atoms with Gasteiger partial charge in [0, 0.05) is 0 Å². The van der Waals surface area contributed by atoms with E-state index in [-0.39, 0.29) is 0 Å². The summed E-state index contributed by atoms with van der Waals surface area (Å²) in [6.45, 7) is 0. The van der Waals surface area contributed by atoms with Crippen molar-refractivity contribution in [2.24, 2.45) is 0 Å². The molecule has 12 aromatic rings. The van der Waals surface area contributed by atoms with Crippen LogP contribution in [0.3, 0.4) is 0 Å². The molecule has 0 amide bonds. The molecular weight excluding hydrogens is 769 g/mol. The second-order valence-corrected chi connectivity index (χ2v) is 16.7. The molecule has 0 heterocycles. The van der Waals surface area contributed by atoms with E-state index in [0.29, 0.717) is 0 Å². The highest BCUT2D eigenvalue weighted by Gasteiger charge is 2.25. The van der Waals surface area contributed by atoms with Crippen molar-refractivity contribution in [1.82, 2.24) is 0 Å². The Morgan fingerprint density at radius 1 is 0.141 bits per heavy atom. The van der Waals surface area contributed by atoms with Crippen molar-refractivity contribution < 1.29 is 0 Å². The van der Waals surface area contributed by atoms with Crippen LogP contribution >= 0.6 is 0 Å².